The Balaban J connectivity index is 1.87. The van der Waals surface area contributed by atoms with Crippen molar-refractivity contribution in [2.75, 3.05) is 5.32 Å². The van der Waals surface area contributed by atoms with Gasteiger partial charge in [0.15, 0.2) is 0 Å². The molecule has 1 aromatic heterocycles. The van der Waals surface area contributed by atoms with Crippen molar-refractivity contribution in [1.82, 2.24) is 4.98 Å². The molecule has 0 fully saturated rings. The number of fused-ring (bicyclic) bond motifs is 1. The van der Waals surface area contributed by atoms with Crippen LogP contribution in [-0.4, -0.2) is 10.1 Å². The third-order valence-corrected chi connectivity index (χ3v) is 3.73. The molecule has 2 N–H and O–H groups in total. The lowest BCUT2D eigenvalue weighted by atomic mass is 10.1. The fourth-order valence-electron chi connectivity index (χ4n) is 2.31. The summed E-state index contributed by atoms with van der Waals surface area (Å²) in [7, 11) is 0. The van der Waals surface area contributed by atoms with E-state index in [0.29, 0.717) is 11.6 Å². The van der Waals surface area contributed by atoms with Crippen LogP contribution in [0.15, 0.2) is 54.7 Å². The Morgan fingerprint density at radius 1 is 1.10 bits per heavy atom. The maximum atomic E-state index is 9.20. The lowest BCUT2D eigenvalue weighted by Gasteiger charge is -2.11. The molecule has 106 valence electrons. The first-order valence-corrected chi connectivity index (χ1v) is 7.11. The number of aliphatic hydroxyl groups is 1. The first kappa shape index (κ1) is 13.9. The molecule has 0 aliphatic rings. The second kappa shape index (κ2) is 6.12. The van der Waals surface area contributed by atoms with Crippen molar-refractivity contribution in [3.8, 4) is 0 Å². The summed E-state index contributed by atoms with van der Waals surface area (Å²) >= 11 is 6.18. The third kappa shape index (κ3) is 2.99. The van der Waals surface area contributed by atoms with E-state index in [1.807, 2.05) is 42.5 Å². The van der Waals surface area contributed by atoms with Crippen molar-refractivity contribution in [3.05, 3.63) is 70.9 Å². The first-order valence-electron chi connectivity index (χ1n) is 6.74. The summed E-state index contributed by atoms with van der Waals surface area (Å²) in [5, 5.41) is 14.3. The van der Waals surface area contributed by atoms with Crippen molar-refractivity contribution in [1.29, 1.82) is 0 Å². The number of hydrogen-bond acceptors (Lipinski definition) is 3. The lowest BCUT2D eigenvalue weighted by molar-refractivity contribution is 0.282. The molecule has 21 heavy (non-hydrogen) atoms. The Kier molecular flexibility index (Phi) is 4.04. The van der Waals surface area contributed by atoms with Gasteiger partial charge in [0, 0.05) is 18.1 Å². The predicted octanol–water partition coefficient (Wildman–Crippen LogP) is 3.99. The number of halogens is 1. The number of benzene rings is 2. The Bertz CT molecular complexity index is 768. The Labute approximate surface area is 128 Å². The molecule has 3 nitrogen and oxygen atoms in total. The average molecular weight is 299 g/mol. The van der Waals surface area contributed by atoms with Crippen molar-refractivity contribution in [3.63, 3.8) is 0 Å². The van der Waals surface area contributed by atoms with Crippen molar-refractivity contribution in [2.45, 2.75) is 13.2 Å². The molecule has 3 rings (SSSR count). The molecule has 0 aliphatic heterocycles. The van der Waals surface area contributed by atoms with E-state index < -0.39 is 0 Å². The van der Waals surface area contributed by atoms with Crippen LogP contribution in [0, 0.1) is 0 Å². The number of aliphatic hydroxyl groups excluding tert-OH is 1. The normalized spacial score (nSPS) is 10.8. The highest BCUT2D eigenvalue weighted by molar-refractivity contribution is 6.33. The van der Waals surface area contributed by atoms with Gasteiger partial charge in [-0.25, -0.2) is 0 Å². The lowest BCUT2D eigenvalue weighted by Crippen LogP contribution is -2.02. The number of nitrogens with one attached hydrogen (secondary N) is 1. The zero-order chi connectivity index (χ0) is 14.7. The number of nitrogens with zero attached hydrogens (tertiary/aromatic N) is 1. The molecule has 1 heterocycles. The monoisotopic (exact) mass is 298 g/mol. The summed E-state index contributed by atoms with van der Waals surface area (Å²) in [6.45, 7) is 0.630. The van der Waals surface area contributed by atoms with Gasteiger partial charge in [0.25, 0.3) is 0 Å². The van der Waals surface area contributed by atoms with Crippen LogP contribution in [0.25, 0.3) is 10.9 Å². The van der Waals surface area contributed by atoms with Crippen LogP contribution in [0.3, 0.4) is 0 Å². The molecule has 0 bridgehead atoms. The largest absolute Gasteiger partial charge is 0.392 e. The Morgan fingerprint density at radius 3 is 2.81 bits per heavy atom. The molecule has 0 unspecified atom stereocenters. The zero-order valence-electron chi connectivity index (χ0n) is 11.4. The molecule has 4 heteroatoms. The van der Waals surface area contributed by atoms with E-state index >= 15 is 0 Å². The topological polar surface area (TPSA) is 45.1 Å². The van der Waals surface area contributed by atoms with Gasteiger partial charge in [-0.3, -0.25) is 4.98 Å². The predicted molar refractivity (Wildman–Crippen MR) is 86.4 cm³/mol. The van der Waals surface area contributed by atoms with Gasteiger partial charge in [0.1, 0.15) is 0 Å². The highest BCUT2D eigenvalue weighted by Gasteiger charge is 2.04. The van der Waals surface area contributed by atoms with E-state index in [9.17, 15) is 5.11 Å². The van der Waals surface area contributed by atoms with E-state index in [1.165, 1.54) is 0 Å². The van der Waals surface area contributed by atoms with E-state index in [-0.39, 0.29) is 6.61 Å². The number of hydrogen-bond donors (Lipinski definition) is 2. The summed E-state index contributed by atoms with van der Waals surface area (Å²) in [4.78, 5) is 4.44. The van der Waals surface area contributed by atoms with Gasteiger partial charge >= 0.3 is 0 Å². The van der Waals surface area contributed by atoms with Gasteiger partial charge in [0.05, 0.1) is 22.8 Å². The summed E-state index contributed by atoms with van der Waals surface area (Å²) in [6.07, 6.45) is 1.80. The van der Waals surface area contributed by atoms with Gasteiger partial charge in [0.2, 0.25) is 0 Å². The molecule has 0 amide bonds. The molecule has 0 spiro atoms. The summed E-state index contributed by atoms with van der Waals surface area (Å²) < 4.78 is 0. The van der Waals surface area contributed by atoms with E-state index in [2.05, 4.69) is 10.3 Å². The average Bonchev–Trinajstić information content (AvgIpc) is 2.54. The number of rotatable bonds is 4. The van der Waals surface area contributed by atoms with E-state index in [1.54, 1.807) is 12.3 Å². The molecule has 2 aromatic carbocycles. The fourth-order valence-corrected chi connectivity index (χ4v) is 2.49. The maximum Gasteiger partial charge on any atom is 0.0751 e. The van der Waals surface area contributed by atoms with Crippen LogP contribution in [0.5, 0.6) is 0 Å². The molecule has 3 aromatic rings. The fraction of sp³-hybridized carbons (Fsp3) is 0.118. The summed E-state index contributed by atoms with van der Waals surface area (Å²) in [6, 6.07) is 15.6. The standard InChI is InChI=1S/C17H15ClN2O/c18-15-7-6-12(11-21)9-16(15)20-10-14-4-1-3-13-5-2-8-19-17(13)14/h1-9,20-21H,10-11H2. The van der Waals surface area contributed by atoms with E-state index in [4.69, 9.17) is 11.6 Å². The highest BCUT2D eigenvalue weighted by atomic mass is 35.5. The quantitative estimate of drug-likeness (QED) is 0.765. The van der Waals surface area contributed by atoms with Gasteiger partial charge in [-0.1, -0.05) is 41.9 Å². The van der Waals surface area contributed by atoms with Crippen LogP contribution < -0.4 is 5.32 Å². The van der Waals surface area contributed by atoms with Crippen LogP contribution in [0.4, 0.5) is 5.69 Å². The maximum absolute atomic E-state index is 9.20. The van der Waals surface area contributed by atoms with Crippen molar-refractivity contribution >= 4 is 28.2 Å². The second-order valence-corrected chi connectivity index (χ2v) is 5.23. The molecule has 0 aliphatic carbocycles. The molecule has 0 atom stereocenters. The van der Waals surface area contributed by atoms with Gasteiger partial charge in [-0.15, -0.1) is 0 Å². The van der Waals surface area contributed by atoms with E-state index in [0.717, 1.165) is 27.7 Å². The minimum Gasteiger partial charge on any atom is -0.392 e. The molecule has 0 saturated heterocycles. The van der Waals surface area contributed by atoms with Crippen molar-refractivity contribution < 1.29 is 5.11 Å². The number of para-hydroxylation sites is 1. The molecule has 0 radical (unpaired) electrons. The summed E-state index contributed by atoms with van der Waals surface area (Å²) in [5.41, 5.74) is 3.74. The van der Waals surface area contributed by atoms with Gasteiger partial charge < -0.3 is 10.4 Å². The summed E-state index contributed by atoms with van der Waals surface area (Å²) in [5.74, 6) is 0. The molecular formula is C17H15ClN2O. The van der Waals surface area contributed by atoms with Crippen LogP contribution >= 0.6 is 11.6 Å². The third-order valence-electron chi connectivity index (χ3n) is 3.40. The highest BCUT2D eigenvalue weighted by Crippen LogP contribution is 2.24. The Morgan fingerprint density at radius 2 is 1.95 bits per heavy atom. The Hall–Kier alpha value is -2.10. The minimum absolute atomic E-state index is 0.00166. The SMILES string of the molecule is OCc1ccc(Cl)c(NCc2cccc3cccnc23)c1. The number of anilines is 1. The zero-order valence-corrected chi connectivity index (χ0v) is 12.1. The van der Waals surface area contributed by atoms with Gasteiger partial charge in [-0.05, 0) is 29.3 Å². The van der Waals surface area contributed by atoms with Gasteiger partial charge in [-0.2, -0.15) is 0 Å². The molecule has 0 saturated carbocycles. The van der Waals surface area contributed by atoms with Crippen LogP contribution in [-0.2, 0) is 13.2 Å². The smallest absolute Gasteiger partial charge is 0.0751 e. The minimum atomic E-state index is 0.00166. The van der Waals surface area contributed by atoms with Crippen molar-refractivity contribution in [2.24, 2.45) is 0 Å². The van der Waals surface area contributed by atoms with Crippen LogP contribution in [0.1, 0.15) is 11.1 Å². The number of aromatic nitrogens is 1. The molecular weight excluding hydrogens is 284 g/mol. The second-order valence-electron chi connectivity index (χ2n) is 4.82. The number of pyridine rings is 1. The van der Waals surface area contributed by atoms with Crippen LogP contribution in [0.2, 0.25) is 5.02 Å². The first-order chi connectivity index (χ1) is 10.3.